The van der Waals surface area contributed by atoms with E-state index in [1.807, 2.05) is 19.9 Å². The number of ether oxygens (including phenoxy) is 2. The van der Waals surface area contributed by atoms with E-state index in [4.69, 9.17) is 9.47 Å². The summed E-state index contributed by atoms with van der Waals surface area (Å²) in [6.45, 7) is 3.61. The molecule has 0 aliphatic carbocycles. The molecule has 0 heterocycles. The molecule has 25 heavy (non-hydrogen) atoms. The van der Waals surface area contributed by atoms with Crippen LogP contribution in [0.1, 0.15) is 21.5 Å². The van der Waals surface area contributed by atoms with Gasteiger partial charge in [0.1, 0.15) is 19.8 Å². The number of amides is 1. The summed E-state index contributed by atoms with van der Waals surface area (Å²) in [4.78, 5) is 23.6. The Morgan fingerprint density at radius 3 is 2.52 bits per heavy atom. The molecule has 0 saturated heterocycles. The van der Waals surface area contributed by atoms with Gasteiger partial charge in [-0.2, -0.15) is 0 Å². The Balaban J connectivity index is 1.69. The van der Waals surface area contributed by atoms with Gasteiger partial charge in [-0.1, -0.05) is 18.2 Å². The maximum atomic E-state index is 13.3. The maximum absolute atomic E-state index is 13.3. The Bertz CT molecular complexity index is 761. The van der Waals surface area contributed by atoms with E-state index in [1.165, 1.54) is 12.1 Å². The van der Waals surface area contributed by atoms with Gasteiger partial charge in [-0.05, 0) is 49.2 Å². The number of rotatable bonds is 7. The monoisotopic (exact) mass is 345 g/mol. The third kappa shape index (κ3) is 5.60. The van der Waals surface area contributed by atoms with Gasteiger partial charge in [-0.3, -0.25) is 9.59 Å². The van der Waals surface area contributed by atoms with E-state index in [0.29, 0.717) is 5.56 Å². The molecule has 6 heteroatoms. The summed E-state index contributed by atoms with van der Waals surface area (Å²) in [6.07, 6.45) is 0. The minimum atomic E-state index is -0.589. The van der Waals surface area contributed by atoms with E-state index >= 15 is 0 Å². The van der Waals surface area contributed by atoms with Crippen LogP contribution >= 0.6 is 0 Å². The highest BCUT2D eigenvalue weighted by atomic mass is 19.1. The first-order valence-corrected chi connectivity index (χ1v) is 7.86. The van der Waals surface area contributed by atoms with Crippen LogP contribution in [0.4, 0.5) is 4.39 Å². The van der Waals surface area contributed by atoms with Crippen molar-refractivity contribution < 1.29 is 23.5 Å². The van der Waals surface area contributed by atoms with Crippen molar-refractivity contribution in [2.45, 2.75) is 13.8 Å². The SMILES string of the molecule is Cc1ccc(C(=O)NCC(=O)OCCOc2ccccc2F)cc1C. The minimum absolute atomic E-state index is 0.0256. The van der Waals surface area contributed by atoms with Crippen molar-refractivity contribution in [2.24, 2.45) is 0 Å². The van der Waals surface area contributed by atoms with Crippen molar-refractivity contribution in [3.8, 4) is 5.75 Å². The number of para-hydroxylation sites is 1. The van der Waals surface area contributed by atoms with Gasteiger partial charge in [0.2, 0.25) is 0 Å². The highest BCUT2D eigenvalue weighted by molar-refractivity contribution is 5.96. The van der Waals surface area contributed by atoms with Crippen molar-refractivity contribution in [2.75, 3.05) is 19.8 Å². The summed E-state index contributed by atoms with van der Waals surface area (Å²) in [5, 5.41) is 2.50. The molecule has 2 aromatic carbocycles. The fourth-order valence-electron chi connectivity index (χ4n) is 2.06. The third-order valence-electron chi connectivity index (χ3n) is 3.60. The van der Waals surface area contributed by atoms with Crippen LogP contribution in [0.25, 0.3) is 0 Å². The third-order valence-corrected chi connectivity index (χ3v) is 3.60. The van der Waals surface area contributed by atoms with Gasteiger partial charge in [0, 0.05) is 5.56 Å². The molecular formula is C19H20FNO4. The van der Waals surface area contributed by atoms with Crippen LogP contribution in [-0.2, 0) is 9.53 Å². The summed E-state index contributed by atoms with van der Waals surface area (Å²) < 4.78 is 23.4. The second-order valence-corrected chi connectivity index (χ2v) is 5.48. The molecule has 2 aromatic rings. The lowest BCUT2D eigenvalue weighted by atomic mass is 10.1. The van der Waals surface area contributed by atoms with Crippen LogP contribution < -0.4 is 10.1 Å². The second kappa shape index (κ2) is 8.82. The molecule has 0 aliphatic rings. The van der Waals surface area contributed by atoms with Crippen LogP contribution in [0.15, 0.2) is 42.5 Å². The van der Waals surface area contributed by atoms with Crippen molar-refractivity contribution >= 4 is 11.9 Å². The molecule has 0 fully saturated rings. The molecule has 2 rings (SSSR count). The van der Waals surface area contributed by atoms with E-state index in [9.17, 15) is 14.0 Å². The maximum Gasteiger partial charge on any atom is 0.325 e. The quantitative estimate of drug-likeness (QED) is 0.619. The van der Waals surface area contributed by atoms with E-state index in [-0.39, 0.29) is 31.4 Å². The number of carbonyl (C=O) groups excluding carboxylic acids is 2. The fourth-order valence-corrected chi connectivity index (χ4v) is 2.06. The lowest BCUT2D eigenvalue weighted by molar-refractivity contribution is -0.143. The van der Waals surface area contributed by atoms with Crippen LogP contribution in [0.3, 0.4) is 0 Å². The van der Waals surface area contributed by atoms with E-state index in [1.54, 1.807) is 24.3 Å². The van der Waals surface area contributed by atoms with Gasteiger partial charge in [-0.15, -0.1) is 0 Å². The van der Waals surface area contributed by atoms with Gasteiger partial charge >= 0.3 is 5.97 Å². The average molecular weight is 345 g/mol. The molecule has 0 aromatic heterocycles. The van der Waals surface area contributed by atoms with Gasteiger partial charge < -0.3 is 14.8 Å². The number of benzene rings is 2. The first kappa shape index (κ1) is 18.4. The van der Waals surface area contributed by atoms with Gasteiger partial charge in [0.25, 0.3) is 5.91 Å². The standard InChI is InChI=1S/C19H20FNO4/c1-13-7-8-15(11-14(13)2)19(23)21-12-18(22)25-10-9-24-17-6-4-3-5-16(17)20/h3-8,11H,9-10,12H2,1-2H3,(H,21,23). The first-order valence-electron chi connectivity index (χ1n) is 7.86. The Kier molecular flexibility index (Phi) is 6.51. The van der Waals surface area contributed by atoms with Crippen LogP contribution in [0, 0.1) is 19.7 Å². The molecule has 0 saturated carbocycles. The topological polar surface area (TPSA) is 64.6 Å². The molecule has 0 unspecified atom stereocenters. The number of nitrogens with one attached hydrogen (secondary N) is 1. The average Bonchev–Trinajstić information content (AvgIpc) is 2.60. The van der Waals surface area contributed by atoms with Crippen LogP contribution in [-0.4, -0.2) is 31.6 Å². The molecule has 1 amide bonds. The second-order valence-electron chi connectivity index (χ2n) is 5.48. The van der Waals surface area contributed by atoms with Crippen molar-refractivity contribution in [1.29, 1.82) is 0 Å². The summed E-state index contributed by atoms with van der Waals surface area (Å²) in [5.41, 5.74) is 2.57. The number of aryl methyl sites for hydroxylation is 2. The highest BCUT2D eigenvalue weighted by Gasteiger charge is 2.10. The first-order chi connectivity index (χ1) is 12.0. The Morgan fingerprint density at radius 1 is 1.04 bits per heavy atom. The number of hydrogen-bond donors (Lipinski definition) is 1. The predicted molar refractivity (Wildman–Crippen MR) is 91.1 cm³/mol. The van der Waals surface area contributed by atoms with E-state index in [2.05, 4.69) is 5.32 Å². The zero-order valence-electron chi connectivity index (χ0n) is 14.2. The summed E-state index contributed by atoms with van der Waals surface area (Å²) in [5.74, 6) is -1.31. The highest BCUT2D eigenvalue weighted by Crippen LogP contribution is 2.14. The molecule has 5 nitrogen and oxygen atoms in total. The molecule has 0 bridgehead atoms. The molecule has 132 valence electrons. The summed E-state index contributed by atoms with van der Waals surface area (Å²) in [6, 6.07) is 11.3. The van der Waals surface area contributed by atoms with Crippen molar-refractivity contribution in [3.63, 3.8) is 0 Å². The van der Waals surface area contributed by atoms with Gasteiger partial charge in [-0.25, -0.2) is 4.39 Å². The predicted octanol–water partition coefficient (Wildman–Crippen LogP) is 2.79. The molecule has 0 aliphatic heterocycles. The molecular weight excluding hydrogens is 325 g/mol. The summed E-state index contributed by atoms with van der Waals surface area (Å²) in [7, 11) is 0. The Hall–Kier alpha value is -2.89. The zero-order chi connectivity index (χ0) is 18.2. The summed E-state index contributed by atoms with van der Waals surface area (Å²) >= 11 is 0. The van der Waals surface area contributed by atoms with Gasteiger partial charge in [0.15, 0.2) is 11.6 Å². The largest absolute Gasteiger partial charge is 0.487 e. The Morgan fingerprint density at radius 2 is 1.80 bits per heavy atom. The van der Waals surface area contributed by atoms with Crippen molar-refractivity contribution in [1.82, 2.24) is 5.32 Å². The molecule has 0 atom stereocenters. The molecule has 0 radical (unpaired) electrons. The smallest absolute Gasteiger partial charge is 0.325 e. The lowest BCUT2D eigenvalue weighted by Gasteiger charge is -2.09. The number of halogens is 1. The molecule has 0 spiro atoms. The number of hydrogen-bond acceptors (Lipinski definition) is 4. The van der Waals surface area contributed by atoms with E-state index < -0.39 is 11.8 Å². The van der Waals surface area contributed by atoms with Crippen LogP contribution in [0.2, 0.25) is 0 Å². The van der Waals surface area contributed by atoms with E-state index in [0.717, 1.165) is 11.1 Å². The Labute approximate surface area is 145 Å². The van der Waals surface area contributed by atoms with Crippen molar-refractivity contribution in [3.05, 3.63) is 65.0 Å². The van der Waals surface area contributed by atoms with Crippen LogP contribution in [0.5, 0.6) is 5.75 Å². The number of esters is 1. The fraction of sp³-hybridized carbons (Fsp3) is 0.263. The van der Waals surface area contributed by atoms with Gasteiger partial charge in [0.05, 0.1) is 0 Å². The zero-order valence-corrected chi connectivity index (χ0v) is 14.2. The molecule has 1 N–H and O–H groups in total. The normalized spacial score (nSPS) is 10.2. The number of carbonyl (C=O) groups is 2. The minimum Gasteiger partial charge on any atom is -0.487 e. The lowest BCUT2D eigenvalue weighted by Crippen LogP contribution is -2.31.